The zero-order valence-electron chi connectivity index (χ0n) is 9.09. The Kier molecular flexibility index (Phi) is 2.00. The van der Waals surface area contributed by atoms with Gasteiger partial charge in [-0.3, -0.25) is 4.68 Å². The third-order valence-electron chi connectivity index (χ3n) is 2.81. The van der Waals surface area contributed by atoms with Crippen LogP contribution < -0.4 is 0 Å². The maximum Gasteiger partial charge on any atom is 0.0568 e. The van der Waals surface area contributed by atoms with E-state index < -0.39 is 0 Å². The van der Waals surface area contributed by atoms with Gasteiger partial charge in [-0.05, 0) is 16.3 Å². The van der Waals surface area contributed by atoms with Gasteiger partial charge >= 0.3 is 0 Å². The highest BCUT2D eigenvalue weighted by Crippen LogP contribution is 2.27. The maximum absolute atomic E-state index is 4.22. The zero-order valence-corrected chi connectivity index (χ0v) is 9.09. The Labute approximate surface area is 94.1 Å². The molecule has 3 rings (SSSR count). The molecule has 0 fully saturated rings. The molecule has 0 amide bonds. The molecule has 0 atom stereocenters. The fourth-order valence-electron chi connectivity index (χ4n) is 2.04. The molecule has 2 heteroatoms. The molecular formula is C14H12N2. The summed E-state index contributed by atoms with van der Waals surface area (Å²) in [6.45, 7) is 0. The van der Waals surface area contributed by atoms with Crippen LogP contribution in [0.4, 0.5) is 0 Å². The van der Waals surface area contributed by atoms with Crippen molar-refractivity contribution in [3.05, 3.63) is 54.9 Å². The van der Waals surface area contributed by atoms with Gasteiger partial charge in [0.2, 0.25) is 0 Å². The van der Waals surface area contributed by atoms with Crippen LogP contribution in [0.2, 0.25) is 0 Å². The number of rotatable bonds is 1. The van der Waals surface area contributed by atoms with E-state index in [2.05, 4.69) is 47.6 Å². The minimum Gasteiger partial charge on any atom is -0.275 e. The van der Waals surface area contributed by atoms with Crippen molar-refractivity contribution in [3.63, 3.8) is 0 Å². The van der Waals surface area contributed by atoms with Gasteiger partial charge in [0.15, 0.2) is 0 Å². The van der Waals surface area contributed by atoms with Gasteiger partial charge in [0.1, 0.15) is 0 Å². The molecule has 0 aliphatic carbocycles. The molecule has 0 spiro atoms. The van der Waals surface area contributed by atoms with Crippen LogP contribution in [0.25, 0.3) is 21.9 Å². The van der Waals surface area contributed by atoms with Crippen LogP contribution >= 0.6 is 0 Å². The molecule has 0 aliphatic heterocycles. The quantitative estimate of drug-likeness (QED) is 0.600. The standard InChI is InChI=1S/C14H12N2/c1-16-10-12(9-15-16)14-8-4-6-11-5-2-3-7-13(11)14/h2-10H,1H3. The minimum absolute atomic E-state index is 1.17. The van der Waals surface area contributed by atoms with Gasteiger partial charge in [-0.25, -0.2) is 0 Å². The Balaban J connectivity index is 2.31. The number of hydrogen-bond donors (Lipinski definition) is 0. The molecule has 2 nitrogen and oxygen atoms in total. The topological polar surface area (TPSA) is 17.8 Å². The van der Waals surface area contributed by atoms with Crippen molar-refractivity contribution >= 4 is 10.8 Å². The molecule has 1 aromatic heterocycles. The lowest BCUT2D eigenvalue weighted by atomic mass is 10.0. The average Bonchev–Trinajstić information content (AvgIpc) is 2.75. The molecular weight excluding hydrogens is 196 g/mol. The van der Waals surface area contributed by atoms with Crippen molar-refractivity contribution in [1.29, 1.82) is 0 Å². The largest absolute Gasteiger partial charge is 0.275 e. The molecule has 1 heterocycles. The summed E-state index contributed by atoms with van der Waals surface area (Å²) in [5, 5.41) is 6.76. The molecule has 0 saturated heterocycles. The summed E-state index contributed by atoms with van der Waals surface area (Å²) < 4.78 is 1.83. The summed E-state index contributed by atoms with van der Waals surface area (Å²) in [5.41, 5.74) is 2.41. The molecule has 0 unspecified atom stereocenters. The van der Waals surface area contributed by atoms with E-state index in [0.29, 0.717) is 0 Å². The molecule has 0 radical (unpaired) electrons. The predicted octanol–water partition coefficient (Wildman–Crippen LogP) is 3.24. The average molecular weight is 208 g/mol. The van der Waals surface area contributed by atoms with Gasteiger partial charge in [0.25, 0.3) is 0 Å². The molecule has 0 bridgehead atoms. The Morgan fingerprint density at radius 1 is 1.00 bits per heavy atom. The third-order valence-corrected chi connectivity index (χ3v) is 2.81. The number of nitrogens with zero attached hydrogens (tertiary/aromatic N) is 2. The highest BCUT2D eigenvalue weighted by molar-refractivity contribution is 5.96. The van der Waals surface area contributed by atoms with E-state index in [1.165, 1.54) is 21.9 Å². The van der Waals surface area contributed by atoms with Gasteiger partial charge in [-0.15, -0.1) is 0 Å². The van der Waals surface area contributed by atoms with E-state index >= 15 is 0 Å². The fraction of sp³-hybridized carbons (Fsp3) is 0.0714. The van der Waals surface area contributed by atoms with Crippen molar-refractivity contribution in [2.75, 3.05) is 0 Å². The van der Waals surface area contributed by atoms with Crippen molar-refractivity contribution in [2.24, 2.45) is 7.05 Å². The summed E-state index contributed by atoms with van der Waals surface area (Å²) in [7, 11) is 1.94. The van der Waals surface area contributed by atoms with Gasteiger partial charge in [0, 0.05) is 18.8 Å². The lowest BCUT2D eigenvalue weighted by Gasteiger charge is -2.03. The second-order valence-electron chi connectivity index (χ2n) is 3.93. The van der Waals surface area contributed by atoms with E-state index in [1.807, 2.05) is 24.1 Å². The van der Waals surface area contributed by atoms with Crippen LogP contribution in [-0.4, -0.2) is 9.78 Å². The van der Waals surface area contributed by atoms with E-state index in [1.54, 1.807) is 0 Å². The Bertz CT molecular complexity index is 633. The Hall–Kier alpha value is -2.09. The SMILES string of the molecule is Cn1cc(-c2cccc3ccccc23)cn1. The zero-order chi connectivity index (χ0) is 11.0. The second-order valence-corrected chi connectivity index (χ2v) is 3.93. The molecule has 0 saturated carbocycles. The molecule has 78 valence electrons. The van der Waals surface area contributed by atoms with Crippen molar-refractivity contribution < 1.29 is 0 Å². The monoisotopic (exact) mass is 208 g/mol. The number of aromatic nitrogens is 2. The molecule has 0 aliphatic rings. The van der Waals surface area contributed by atoms with Gasteiger partial charge in [0.05, 0.1) is 6.20 Å². The van der Waals surface area contributed by atoms with Gasteiger partial charge in [-0.2, -0.15) is 5.10 Å². The van der Waals surface area contributed by atoms with Crippen LogP contribution in [-0.2, 0) is 7.05 Å². The summed E-state index contributed by atoms with van der Waals surface area (Å²) in [4.78, 5) is 0. The lowest BCUT2D eigenvalue weighted by Crippen LogP contribution is -1.84. The van der Waals surface area contributed by atoms with Crippen molar-refractivity contribution in [1.82, 2.24) is 9.78 Å². The second kappa shape index (κ2) is 3.49. The lowest BCUT2D eigenvalue weighted by molar-refractivity contribution is 0.768. The van der Waals surface area contributed by atoms with Gasteiger partial charge < -0.3 is 0 Å². The maximum atomic E-state index is 4.22. The first-order chi connectivity index (χ1) is 7.84. The van der Waals surface area contributed by atoms with Crippen molar-refractivity contribution in [2.45, 2.75) is 0 Å². The highest BCUT2D eigenvalue weighted by atomic mass is 15.2. The first-order valence-electron chi connectivity index (χ1n) is 5.31. The first-order valence-corrected chi connectivity index (χ1v) is 5.31. The summed E-state index contributed by atoms with van der Waals surface area (Å²) in [6, 6.07) is 14.8. The number of hydrogen-bond acceptors (Lipinski definition) is 1. The van der Waals surface area contributed by atoms with E-state index in [9.17, 15) is 0 Å². The minimum atomic E-state index is 1.17. The summed E-state index contributed by atoms with van der Waals surface area (Å²) in [5.74, 6) is 0. The Morgan fingerprint density at radius 3 is 2.62 bits per heavy atom. The molecule has 0 N–H and O–H groups in total. The third kappa shape index (κ3) is 1.39. The van der Waals surface area contributed by atoms with Crippen LogP contribution in [0.5, 0.6) is 0 Å². The number of benzene rings is 2. The molecule has 16 heavy (non-hydrogen) atoms. The van der Waals surface area contributed by atoms with Gasteiger partial charge in [-0.1, -0.05) is 42.5 Å². The smallest absolute Gasteiger partial charge is 0.0568 e. The van der Waals surface area contributed by atoms with Crippen LogP contribution in [0.3, 0.4) is 0 Å². The number of aryl methyl sites for hydroxylation is 1. The highest BCUT2D eigenvalue weighted by Gasteiger charge is 2.04. The first kappa shape index (κ1) is 9.16. The van der Waals surface area contributed by atoms with Crippen LogP contribution in [0.15, 0.2) is 54.9 Å². The Morgan fingerprint density at radius 2 is 1.81 bits per heavy atom. The van der Waals surface area contributed by atoms with Crippen LogP contribution in [0.1, 0.15) is 0 Å². The van der Waals surface area contributed by atoms with E-state index in [4.69, 9.17) is 0 Å². The summed E-state index contributed by atoms with van der Waals surface area (Å²) >= 11 is 0. The van der Waals surface area contributed by atoms with Crippen molar-refractivity contribution in [3.8, 4) is 11.1 Å². The molecule has 2 aromatic carbocycles. The van der Waals surface area contributed by atoms with E-state index in [-0.39, 0.29) is 0 Å². The molecule has 3 aromatic rings. The summed E-state index contributed by atoms with van der Waals surface area (Å²) in [6.07, 6.45) is 3.95. The predicted molar refractivity (Wildman–Crippen MR) is 66.2 cm³/mol. The van der Waals surface area contributed by atoms with E-state index in [0.717, 1.165) is 0 Å². The fourth-order valence-corrected chi connectivity index (χ4v) is 2.04. The normalized spacial score (nSPS) is 10.8. The van der Waals surface area contributed by atoms with Crippen LogP contribution in [0, 0.1) is 0 Å². The number of fused-ring (bicyclic) bond motifs is 1.